The minimum Gasteiger partial charge on any atom is -0.393 e. The molecular formula is C15H24O. The van der Waals surface area contributed by atoms with Crippen molar-refractivity contribution in [3.63, 3.8) is 0 Å². The highest BCUT2D eigenvalue weighted by molar-refractivity contribution is 5.26. The van der Waals surface area contributed by atoms with Crippen molar-refractivity contribution in [2.24, 2.45) is 28.6 Å². The summed E-state index contributed by atoms with van der Waals surface area (Å²) < 4.78 is 0. The molecule has 0 aromatic rings. The van der Waals surface area contributed by atoms with Crippen LogP contribution in [0.2, 0.25) is 0 Å². The van der Waals surface area contributed by atoms with Gasteiger partial charge in [-0.05, 0) is 54.8 Å². The fourth-order valence-electron chi connectivity index (χ4n) is 5.29. The summed E-state index contributed by atoms with van der Waals surface area (Å²) in [6.07, 6.45) is 5.97. The first-order valence-corrected chi connectivity index (χ1v) is 6.74. The lowest BCUT2D eigenvalue weighted by Gasteiger charge is -2.36. The van der Waals surface area contributed by atoms with Crippen molar-refractivity contribution in [3.8, 4) is 0 Å². The van der Waals surface area contributed by atoms with Crippen LogP contribution in [-0.4, -0.2) is 11.2 Å². The molecule has 0 aromatic heterocycles. The van der Waals surface area contributed by atoms with Crippen molar-refractivity contribution in [2.45, 2.75) is 53.1 Å². The van der Waals surface area contributed by atoms with Crippen LogP contribution in [0, 0.1) is 28.6 Å². The van der Waals surface area contributed by atoms with Crippen LogP contribution in [0.1, 0.15) is 47.0 Å². The molecule has 2 saturated carbocycles. The highest BCUT2D eigenvalue weighted by Crippen LogP contribution is 2.71. The van der Waals surface area contributed by atoms with E-state index in [0.717, 1.165) is 18.3 Å². The van der Waals surface area contributed by atoms with E-state index >= 15 is 0 Å². The molecule has 1 N–H and O–H groups in total. The van der Waals surface area contributed by atoms with Gasteiger partial charge in [0.15, 0.2) is 0 Å². The van der Waals surface area contributed by atoms with Gasteiger partial charge in [0.1, 0.15) is 0 Å². The normalized spacial score (nSPS) is 53.7. The number of hydrogen-bond donors (Lipinski definition) is 1. The van der Waals surface area contributed by atoms with Gasteiger partial charge in [0, 0.05) is 0 Å². The van der Waals surface area contributed by atoms with Crippen molar-refractivity contribution in [1.82, 2.24) is 0 Å². The average molecular weight is 220 g/mol. The SMILES string of the molecule is CC1=CC[C@@]23C[C@@H]1C(C)(C)[C@@H]2C[C@@H](O)[C@H]3C. The van der Waals surface area contributed by atoms with Gasteiger partial charge in [0.25, 0.3) is 0 Å². The second-order valence-electron chi connectivity index (χ2n) is 7.11. The molecule has 0 heterocycles. The number of allylic oxidation sites excluding steroid dienone is 2. The molecule has 16 heavy (non-hydrogen) atoms. The highest BCUT2D eigenvalue weighted by atomic mass is 16.3. The van der Waals surface area contributed by atoms with Crippen LogP contribution >= 0.6 is 0 Å². The molecular weight excluding hydrogens is 196 g/mol. The van der Waals surface area contributed by atoms with Crippen molar-refractivity contribution < 1.29 is 5.11 Å². The first-order valence-electron chi connectivity index (χ1n) is 6.74. The molecule has 0 unspecified atom stereocenters. The Balaban J connectivity index is 2.10. The third-order valence-electron chi connectivity index (χ3n) is 6.39. The summed E-state index contributed by atoms with van der Waals surface area (Å²) >= 11 is 0. The summed E-state index contributed by atoms with van der Waals surface area (Å²) in [5.41, 5.74) is 2.42. The molecule has 1 spiro atoms. The van der Waals surface area contributed by atoms with Crippen molar-refractivity contribution in [3.05, 3.63) is 11.6 Å². The lowest BCUT2D eigenvalue weighted by molar-refractivity contribution is 0.0804. The van der Waals surface area contributed by atoms with Gasteiger partial charge in [-0.3, -0.25) is 0 Å². The van der Waals surface area contributed by atoms with E-state index in [9.17, 15) is 5.11 Å². The third-order valence-corrected chi connectivity index (χ3v) is 6.39. The molecule has 0 amide bonds. The van der Waals surface area contributed by atoms with Crippen molar-refractivity contribution >= 4 is 0 Å². The minimum absolute atomic E-state index is 0.0583. The Kier molecular flexibility index (Phi) is 1.98. The summed E-state index contributed by atoms with van der Waals surface area (Å²) in [7, 11) is 0. The highest BCUT2D eigenvalue weighted by Gasteiger charge is 2.65. The molecule has 90 valence electrons. The molecule has 1 heteroatoms. The van der Waals surface area contributed by atoms with E-state index in [0.29, 0.717) is 16.7 Å². The van der Waals surface area contributed by atoms with Crippen LogP contribution in [-0.2, 0) is 0 Å². The molecule has 2 bridgehead atoms. The second-order valence-corrected chi connectivity index (χ2v) is 7.11. The molecule has 0 radical (unpaired) electrons. The van der Waals surface area contributed by atoms with Crippen LogP contribution < -0.4 is 0 Å². The van der Waals surface area contributed by atoms with E-state index in [-0.39, 0.29) is 6.10 Å². The zero-order valence-corrected chi connectivity index (χ0v) is 11.0. The van der Waals surface area contributed by atoms with Crippen molar-refractivity contribution in [2.75, 3.05) is 0 Å². The molecule has 3 aliphatic carbocycles. The second kappa shape index (κ2) is 2.93. The lowest BCUT2D eigenvalue weighted by atomic mass is 9.68. The quantitative estimate of drug-likeness (QED) is 0.620. The maximum absolute atomic E-state index is 10.2. The number of fused-ring (bicyclic) bond motifs is 1. The summed E-state index contributed by atoms with van der Waals surface area (Å²) in [4.78, 5) is 0. The average Bonchev–Trinajstić information content (AvgIpc) is 2.57. The van der Waals surface area contributed by atoms with Gasteiger partial charge >= 0.3 is 0 Å². The summed E-state index contributed by atoms with van der Waals surface area (Å²) in [5, 5.41) is 10.2. The van der Waals surface area contributed by atoms with E-state index in [4.69, 9.17) is 0 Å². The molecule has 0 saturated heterocycles. The van der Waals surface area contributed by atoms with E-state index in [1.807, 2.05) is 0 Å². The largest absolute Gasteiger partial charge is 0.393 e. The van der Waals surface area contributed by atoms with Crippen molar-refractivity contribution in [1.29, 1.82) is 0 Å². The van der Waals surface area contributed by atoms with Gasteiger partial charge in [0.05, 0.1) is 6.10 Å². The Morgan fingerprint density at radius 2 is 2.06 bits per heavy atom. The number of aliphatic hydroxyl groups excluding tert-OH is 1. The Bertz CT molecular complexity index is 354. The predicted molar refractivity (Wildman–Crippen MR) is 66.0 cm³/mol. The van der Waals surface area contributed by atoms with Gasteiger partial charge in [0.2, 0.25) is 0 Å². The monoisotopic (exact) mass is 220 g/mol. The van der Waals surface area contributed by atoms with Crippen LogP contribution in [0.3, 0.4) is 0 Å². The molecule has 0 aliphatic heterocycles. The van der Waals surface area contributed by atoms with Crippen LogP contribution in [0.4, 0.5) is 0 Å². The third kappa shape index (κ3) is 1.01. The first-order chi connectivity index (χ1) is 7.39. The van der Waals surface area contributed by atoms with Crippen LogP contribution in [0.5, 0.6) is 0 Å². The van der Waals surface area contributed by atoms with Gasteiger partial charge in [-0.15, -0.1) is 0 Å². The molecule has 0 aromatic carbocycles. The van der Waals surface area contributed by atoms with E-state index in [1.54, 1.807) is 5.57 Å². The zero-order chi connectivity index (χ0) is 11.7. The lowest BCUT2D eigenvalue weighted by Crippen LogP contribution is -2.31. The minimum atomic E-state index is -0.0583. The Hall–Kier alpha value is -0.300. The number of aliphatic hydroxyl groups is 1. The fraction of sp³-hybridized carbons (Fsp3) is 0.867. The topological polar surface area (TPSA) is 20.2 Å². The summed E-state index contributed by atoms with van der Waals surface area (Å²) in [6.45, 7) is 9.44. The van der Waals surface area contributed by atoms with Gasteiger partial charge in [-0.2, -0.15) is 0 Å². The van der Waals surface area contributed by atoms with Gasteiger partial charge < -0.3 is 5.11 Å². The zero-order valence-electron chi connectivity index (χ0n) is 11.0. The standard InChI is InChI=1S/C15H24O/c1-9-5-6-15-8-11(9)14(3,4)13(15)7-12(16)10(15)2/h5,10-13,16H,6-8H2,1-4H3/t10-,11+,12-,13+,15+/m1/s1. The predicted octanol–water partition coefficient (Wildman–Crippen LogP) is 3.39. The van der Waals surface area contributed by atoms with Gasteiger partial charge in [-0.1, -0.05) is 32.4 Å². The maximum Gasteiger partial charge on any atom is 0.0574 e. The Morgan fingerprint density at radius 1 is 1.38 bits per heavy atom. The first kappa shape index (κ1) is 10.8. The van der Waals surface area contributed by atoms with E-state index in [1.165, 1.54) is 12.8 Å². The number of rotatable bonds is 0. The molecule has 5 atom stereocenters. The van der Waals surface area contributed by atoms with E-state index in [2.05, 4.69) is 33.8 Å². The van der Waals surface area contributed by atoms with Crippen LogP contribution in [0.15, 0.2) is 11.6 Å². The van der Waals surface area contributed by atoms with E-state index < -0.39 is 0 Å². The summed E-state index contributed by atoms with van der Waals surface area (Å²) in [5.74, 6) is 1.98. The molecule has 1 nitrogen and oxygen atoms in total. The molecule has 3 rings (SSSR count). The maximum atomic E-state index is 10.2. The number of hydrogen-bond acceptors (Lipinski definition) is 1. The fourth-order valence-corrected chi connectivity index (χ4v) is 5.29. The molecule has 3 aliphatic rings. The van der Waals surface area contributed by atoms with Gasteiger partial charge in [-0.25, -0.2) is 0 Å². The van der Waals surface area contributed by atoms with Crippen LogP contribution in [0.25, 0.3) is 0 Å². The summed E-state index contributed by atoms with van der Waals surface area (Å²) in [6, 6.07) is 0. The molecule has 2 fully saturated rings. The Labute approximate surface area is 98.9 Å². The Morgan fingerprint density at radius 3 is 2.75 bits per heavy atom. The smallest absolute Gasteiger partial charge is 0.0574 e.